The maximum absolute atomic E-state index is 12.0. The van der Waals surface area contributed by atoms with Crippen LogP contribution in [0.2, 0.25) is 0 Å². The van der Waals surface area contributed by atoms with Gasteiger partial charge in [-0.3, -0.25) is 14.4 Å². The van der Waals surface area contributed by atoms with E-state index in [4.69, 9.17) is 4.74 Å². The molecule has 108 valence electrons. The number of carbonyl (C=O) groups is 3. The summed E-state index contributed by atoms with van der Waals surface area (Å²) in [5.41, 5.74) is 0. The summed E-state index contributed by atoms with van der Waals surface area (Å²) in [6.07, 6.45) is 5.07. The van der Waals surface area contributed by atoms with Crippen LogP contribution in [0.25, 0.3) is 0 Å². The van der Waals surface area contributed by atoms with Crippen LogP contribution in [-0.2, 0) is 19.1 Å². The summed E-state index contributed by atoms with van der Waals surface area (Å²) in [6, 6.07) is 0. The molecule has 0 amide bonds. The molecule has 0 spiro atoms. The molecular weight excluding hydrogens is 244 g/mol. The highest BCUT2D eigenvalue weighted by Gasteiger charge is 2.44. The van der Waals surface area contributed by atoms with Gasteiger partial charge in [0.2, 0.25) is 0 Å². The molecule has 4 nitrogen and oxygen atoms in total. The molecule has 1 aliphatic rings. The van der Waals surface area contributed by atoms with E-state index < -0.39 is 11.9 Å². The first kappa shape index (κ1) is 15.9. The van der Waals surface area contributed by atoms with Gasteiger partial charge in [-0.15, -0.1) is 0 Å². The predicted octanol–water partition coefficient (Wildman–Crippen LogP) is 2.54. The Balaban J connectivity index is 2.79. The smallest absolute Gasteiger partial charge is 0.316 e. The number of ketones is 2. The lowest BCUT2D eigenvalue weighted by atomic mass is 9.79. The minimum Gasteiger partial charge on any atom is -0.468 e. The van der Waals surface area contributed by atoms with Gasteiger partial charge in [-0.05, 0) is 25.7 Å². The zero-order valence-electron chi connectivity index (χ0n) is 12.1. The summed E-state index contributed by atoms with van der Waals surface area (Å²) >= 11 is 0. The lowest BCUT2D eigenvalue weighted by molar-refractivity contribution is -0.152. The number of esters is 1. The van der Waals surface area contributed by atoms with Gasteiger partial charge >= 0.3 is 5.97 Å². The van der Waals surface area contributed by atoms with Crippen LogP contribution in [0.5, 0.6) is 0 Å². The Kier molecular flexibility index (Phi) is 6.19. The first-order chi connectivity index (χ1) is 9.02. The summed E-state index contributed by atoms with van der Waals surface area (Å²) in [4.78, 5) is 35.4. The molecular formula is C15H24O4. The fraction of sp³-hybridized carbons (Fsp3) is 0.800. The Morgan fingerprint density at radius 3 is 2.58 bits per heavy atom. The molecule has 3 atom stereocenters. The van der Waals surface area contributed by atoms with Gasteiger partial charge < -0.3 is 4.74 Å². The Morgan fingerprint density at radius 2 is 2.05 bits per heavy atom. The van der Waals surface area contributed by atoms with E-state index >= 15 is 0 Å². The van der Waals surface area contributed by atoms with Crippen molar-refractivity contribution in [1.82, 2.24) is 0 Å². The van der Waals surface area contributed by atoms with Crippen molar-refractivity contribution in [3.8, 4) is 0 Å². The van der Waals surface area contributed by atoms with Crippen molar-refractivity contribution in [2.75, 3.05) is 7.11 Å². The molecule has 0 aromatic heterocycles. The molecule has 0 saturated heterocycles. The van der Waals surface area contributed by atoms with E-state index in [2.05, 4.69) is 6.92 Å². The number of hydrogen-bond acceptors (Lipinski definition) is 4. The SMILES string of the molecule is CCCCCC1C(=O)CCC1C(C(C)=O)C(=O)OC. The van der Waals surface area contributed by atoms with Crippen molar-refractivity contribution >= 4 is 17.5 Å². The van der Waals surface area contributed by atoms with Crippen LogP contribution >= 0.6 is 0 Å². The highest BCUT2D eigenvalue weighted by Crippen LogP contribution is 2.38. The Hall–Kier alpha value is -1.19. The van der Waals surface area contributed by atoms with Crippen LogP contribution in [0, 0.1) is 17.8 Å². The van der Waals surface area contributed by atoms with E-state index in [0.717, 1.165) is 25.7 Å². The van der Waals surface area contributed by atoms with Crippen molar-refractivity contribution in [2.45, 2.75) is 52.4 Å². The maximum atomic E-state index is 12.0. The summed E-state index contributed by atoms with van der Waals surface area (Å²) in [7, 11) is 1.29. The van der Waals surface area contributed by atoms with Gasteiger partial charge in [0.05, 0.1) is 7.11 Å². The molecule has 1 aliphatic carbocycles. The van der Waals surface area contributed by atoms with Crippen molar-refractivity contribution in [3.63, 3.8) is 0 Å². The Morgan fingerprint density at radius 1 is 1.37 bits per heavy atom. The summed E-state index contributed by atoms with van der Waals surface area (Å²) in [6.45, 7) is 3.52. The minimum absolute atomic E-state index is 0.139. The average Bonchev–Trinajstić information content (AvgIpc) is 2.71. The van der Waals surface area contributed by atoms with E-state index in [1.165, 1.54) is 14.0 Å². The molecule has 1 fully saturated rings. The highest BCUT2D eigenvalue weighted by atomic mass is 16.5. The maximum Gasteiger partial charge on any atom is 0.316 e. The Bertz CT molecular complexity index is 348. The van der Waals surface area contributed by atoms with Gasteiger partial charge in [0.25, 0.3) is 0 Å². The monoisotopic (exact) mass is 268 g/mol. The van der Waals surface area contributed by atoms with Gasteiger partial charge in [0.15, 0.2) is 0 Å². The largest absolute Gasteiger partial charge is 0.468 e. The normalized spacial score (nSPS) is 24.3. The number of ether oxygens (including phenoxy) is 1. The van der Waals surface area contributed by atoms with Gasteiger partial charge in [-0.1, -0.05) is 26.2 Å². The first-order valence-electron chi connectivity index (χ1n) is 7.13. The third kappa shape index (κ3) is 3.88. The molecule has 1 saturated carbocycles. The van der Waals surface area contributed by atoms with Crippen molar-refractivity contribution in [3.05, 3.63) is 0 Å². The van der Waals surface area contributed by atoms with E-state index in [-0.39, 0.29) is 23.4 Å². The lowest BCUT2D eigenvalue weighted by Crippen LogP contribution is -2.34. The van der Waals surface area contributed by atoms with Gasteiger partial charge in [0.1, 0.15) is 17.5 Å². The molecule has 1 rings (SSSR count). The standard InChI is InChI=1S/C15H24O4/c1-4-5-6-7-11-12(8-9-13(11)17)14(10(2)16)15(18)19-3/h11-12,14H,4-9H2,1-3H3. The quantitative estimate of drug-likeness (QED) is 0.404. The molecule has 19 heavy (non-hydrogen) atoms. The number of unbranched alkanes of at least 4 members (excludes halogenated alkanes) is 2. The van der Waals surface area contributed by atoms with Gasteiger partial charge in [0, 0.05) is 12.3 Å². The van der Waals surface area contributed by atoms with Crippen LogP contribution in [0.1, 0.15) is 52.4 Å². The molecule has 0 radical (unpaired) electrons. The molecule has 4 heteroatoms. The van der Waals surface area contributed by atoms with Crippen LogP contribution < -0.4 is 0 Å². The van der Waals surface area contributed by atoms with Crippen LogP contribution in [0.3, 0.4) is 0 Å². The second kappa shape index (κ2) is 7.41. The zero-order valence-corrected chi connectivity index (χ0v) is 12.1. The Labute approximate surface area is 114 Å². The second-order valence-corrected chi connectivity index (χ2v) is 5.38. The average molecular weight is 268 g/mol. The van der Waals surface area contributed by atoms with Crippen molar-refractivity contribution < 1.29 is 19.1 Å². The molecule has 0 aromatic carbocycles. The summed E-state index contributed by atoms with van der Waals surface area (Å²) in [5, 5.41) is 0. The van der Waals surface area contributed by atoms with Crippen LogP contribution in [0.15, 0.2) is 0 Å². The summed E-state index contributed by atoms with van der Waals surface area (Å²) < 4.78 is 4.72. The minimum atomic E-state index is -0.761. The van der Waals surface area contributed by atoms with E-state index in [0.29, 0.717) is 12.8 Å². The number of carbonyl (C=O) groups excluding carboxylic acids is 3. The molecule has 0 heterocycles. The van der Waals surface area contributed by atoms with Crippen LogP contribution in [0.4, 0.5) is 0 Å². The van der Waals surface area contributed by atoms with E-state index in [1.807, 2.05) is 0 Å². The first-order valence-corrected chi connectivity index (χ1v) is 7.13. The highest BCUT2D eigenvalue weighted by molar-refractivity contribution is 5.99. The van der Waals surface area contributed by atoms with E-state index in [9.17, 15) is 14.4 Å². The lowest BCUT2D eigenvalue weighted by Gasteiger charge is -2.24. The van der Waals surface area contributed by atoms with Gasteiger partial charge in [-0.25, -0.2) is 0 Å². The fourth-order valence-corrected chi connectivity index (χ4v) is 3.09. The molecule has 0 aromatic rings. The number of hydrogen-bond donors (Lipinski definition) is 0. The zero-order chi connectivity index (χ0) is 14.4. The summed E-state index contributed by atoms with van der Waals surface area (Å²) in [5.74, 6) is -1.53. The van der Waals surface area contributed by atoms with E-state index in [1.54, 1.807) is 0 Å². The fourth-order valence-electron chi connectivity index (χ4n) is 3.09. The van der Waals surface area contributed by atoms with Gasteiger partial charge in [-0.2, -0.15) is 0 Å². The second-order valence-electron chi connectivity index (χ2n) is 5.38. The topological polar surface area (TPSA) is 60.4 Å². The molecule has 0 bridgehead atoms. The molecule has 0 aliphatic heterocycles. The number of methoxy groups -OCH3 is 1. The van der Waals surface area contributed by atoms with Crippen molar-refractivity contribution in [1.29, 1.82) is 0 Å². The van der Waals surface area contributed by atoms with Crippen LogP contribution in [-0.4, -0.2) is 24.6 Å². The number of Topliss-reactive ketones (excluding diaryl/α,β-unsaturated/α-hetero) is 2. The molecule has 3 unspecified atom stereocenters. The third-order valence-corrected chi connectivity index (χ3v) is 4.09. The molecule has 0 N–H and O–H groups in total. The number of rotatable bonds is 7. The van der Waals surface area contributed by atoms with Crippen molar-refractivity contribution in [2.24, 2.45) is 17.8 Å². The predicted molar refractivity (Wildman–Crippen MR) is 71.6 cm³/mol. The third-order valence-electron chi connectivity index (χ3n) is 4.09.